The van der Waals surface area contributed by atoms with E-state index in [1.807, 2.05) is 7.11 Å². The van der Waals surface area contributed by atoms with Crippen molar-refractivity contribution in [2.24, 2.45) is 17.3 Å². The SMILES string of the molecule is CCC(C)C(C)CC.CCCCc1nc2c([nH]1)c(N)nc1ccc(N3CCN(CC/C(=C/CC(C)(C)CC(C)(C)OC)[N-]C(C)(C)CCCC)CC3)cc12.[U]. The molecule has 0 aliphatic carbocycles. The molecule has 1 saturated heterocycles. The minimum atomic E-state index is -0.134. The number of pyridine rings is 1. The van der Waals surface area contributed by atoms with Crippen LogP contribution in [0.4, 0.5) is 11.5 Å². The van der Waals surface area contributed by atoms with Gasteiger partial charge in [-0.2, -0.15) is 5.70 Å². The predicted molar refractivity (Wildman–Crippen MR) is 236 cm³/mol. The molecule has 1 aromatic carbocycles. The molecule has 55 heavy (non-hydrogen) atoms. The van der Waals surface area contributed by atoms with Gasteiger partial charge in [-0.15, -0.1) is 11.6 Å². The van der Waals surface area contributed by atoms with E-state index >= 15 is 0 Å². The van der Waals surface area contributed by atoms with Gasteiger partial charge in [-0.3, -0.25) is 4.90 Å². The second kappa shape index (κ2) is 23.0. The number of piperazine rings is 1. The van der Waals surface area contributed by atoms with Crippen molar-refractivity contribution in [3.63, 3.8) is 0 Å². The maximum absolute atomic E-state index is 6.32. The number of hydrogen-bond acceptors (Lipinski definition) is 6. The summed E-state index contributed by atoms with van der Waals surface area (Å²) in [6.07, 6.45) is 14.8. The summed E-state index contributed by atoms with van der Waals surface area (Å²) in [5.41, 5.74) is 11.5. The first-order valence-electron chi connectivity index (χ1n) is 21.5. The summed E-state index contributed by atoms with van der Waals surface area (Å²) in [4.78, 5) is 18.2. The molecule has 0 saturated carbocycles. The molecule has 1 fully saturated rings. The summed E-state index contributed by atoms with van der Waals surface area (Å²) >= 11 is 0. The van der Waals surface area contributed by atoms with Crippen LogP contribution in [0.25, 0.3) is 27.3 Å². The molecule has 3 heterocycles. The summed E-state index contributed by atoms with van der Waals surface area (Å²) in [7, 11) is 1.82. The van der Waals surface area contributed by atoms with Gasteiger partial charge < -0.3 is 25.7 Å². The van der Waals surface area contributed by atoms with Crippen molar-refractivity contribution in [2.45, 2.75) is 165 Å². The number of rotatable bonds is 20. The predicted octanol–water partition coefficient (Wildman–Crippen LogP) is 12.1. The fraction of sp³-hybridized carbons (Fsp3) is 0.739. The third-order valence-electron chi connectivity index (χ3n) is 11.9. The molecule has 0 bridgehead atoms. The van der Waals surface area contributed by atoms with Gasteiger partial charge in [-0.25, -0.2) is 9.97 Å². The Morgan fingerprint density at radius 1 is 0.945 bits per heavy atom. The molecule has 310 valence electrons. The molecule has 2 aromatic heterocycles. The van der Waals surface area contributed by atoms with Crippen LogP contribution in [0.1, 0.15) is 153 Å². The zero-order chi connectivity index (χ0) is 40.1. The maximum Gasteiger partial charge on any atom is 0.150 e. The van der Waals surface area contributed by atoms with Crippen LogP contribution in [0, 0.1) is 48.4 Å². The summed E-state index contributed by atoms with van der Waals surface area (Å²) < 4.78 is 5.76. The Morgan fingerprint density at radius 3 is 2.16 bits per heavy atom. The van der Waals surface area contributed by atoms with Gasteiger partial charge in [-0.1, -0.05) is 108 Å². The van der Waals surface area contributed by atoms with Crippen molar-refractivity contribution in [3.8, 4) is 0 Å². The number of aromatic amines is 1. The van der Waals surface area contributed by atoms with Gasteiger partial charge in [0.25, 0.3) is 0 Å². The first kappa shape index (κ1) is 49.4. The van der Waals surface area contributed by atoms with Gasteiger partial charge >= 0.3 is 0 Å². The third-order valence-corrected chi connectivity index (χ3v) is 11.9. The van der Waals surface area contributed by atoms with E-state index in [0.29, 0.717) is 5.82 Å². The normalized spacial score (nSPS) is 15.8. The van der Waals surface area contributed by atoms with Crippen molar-refractivity contribution in [1.29, 1.82) is 0 Å². The molecule has 1 aliphatic rings. The summed E-state index contributed by atoms with van der Waals surface area (Å²) in [5, 5.41) is 6.43. The van der Waals surface area contributed by atoms with Crippen LogP contribution in [0.5, 0.6) is 0 Å². The van der Waals surface area contributed by atoms with Crippen molar-refractivity contribution in [2.75, 3.05) is 50.5 Å². The van der Waals surface area contributed by atoms with Crippen LogP contribution in [0.3, 0.4) is 0 Å². The number of H-pyrrole nitrogens is 1. The number of nitrogens with zero attached hydrogens (tertiary/aromatic N) is 5. The number of nitrogens with two attached hydrogens (primary N) is 1. The Hall–Kier alpha value is -1.79. The van der Waals surface area contributed by atoms with Gasteiger partial charge in [-0.05, 0) is 75.0 Å². The minimum absolute atomic E-state index is 0. The number of nitrogens with one attached hydrogen (secondary N) is 1. The number of ether oxygens (including phenoxy) is 1. The Bertz CT molecular complexity index is 1580. The Balaban J connectivity index is 0.00000104. The molecule has 1 aliphatic heterocycles. The van der Waals surface area contributed by atoms with E-state index in [9.17, 15) is 0 Å². The molecular formula is C46H80N7OU-. The van der Waals surface area contributed by atoms with Crippen molar-refractivity contribution >= 4 is 33.4 Å². The number of allylic oxidation sites excluding steroid dienone is 1. The van der Waals surface area contributed by atoms with Crippen LogP contribution >= 0.6 is 0 Å². The second-order valence-corrected chi connectivity index (χ2v) is 18.3. The van der Waals surface area contributed by atoms with Crippen LogP contribution in [-0.2, 0) is 11.2 Å². The van der Waals surface area contributed by atoms with E-state index in [1.54, 1.807) is 0 Å². The van der Waals surface area contributed by atoms with E-state index in [1.165, 1.54) is 37.1 Å². The number of fused-ring (bicyclic) bond motifs is 3. The second-order valence-electron chi connectivity index (χ2n) is 18.3. The van der Waals surface area contributed by atoms with Crippen molar-refractivity contribution in [3.05, 3.63) is 41.1 Å². The molecule has 3 aromatic rings. The minimum Gasteiger partial charge on any atom is -0.683 e. The Kier molecular flexibility index (Phi) is 20.6. The number of aromatic nitrogens is 3. The number of benzene rings is 1. The monoisotopic (exact) mass is 985 g/mol. The molecular weight excluding hydrogens is 905 g/mol. The number of hydrogen-bond donors (Lipinski definition) is 2. The standard InChI is InChI=1S/C38H62N7O.C8H18.U/c1-10-12-14-32-41-33-30-26-29(15-16-31(30)40-35(39)34(33)42-32)45-24-22-44(23-25-45)21-18-28(43-37(5,6)19-13-11-2)17-20-36(3,4)27-38(7,8)46-9;1-5-7(3)8(4)6-2;/h15-17,26H,10-14,18-25,27H2,1-9H3,(H2,39,40)(H,41,42);7-8H,5-6H2,1-4H3;/q-1;;/b28-17-;;. The van der Waals surface area contributed by atoms with Gasteiger partial charge in [0.2, 0.25) is 0 Å². The molecule has 0 spiro atoms. The van der Waals surface area contributed by atoms with Crippen LogP contribution in [0.15, 0.2) is 30.0 Å². The molecule has 3 N–H and O–H groups in total. The number of anilines is 2. The van der Waals surface area contributed by atoms with E-state index in [4.69, 9.17) is 20.8 Å². The van der Waals surface area contributed by atoms with Crippen LogP contribution in [-0.4, -0.2) is 70.8 Å². The number of imidazole rings is 1. The molecule has 8 nitrogen and oxygen atoms in total. The zero-order valence-electron chi connectivity index (χ0n) is 37.5. The van der Waals surface area contributed by atoms with E-state index in [-0.39, 0.29) is 47.7 Å². The topological polar surface area (TPSA) is 97.4 Å². The Morgan fingerprint density at radius 2 is 1.58 bits per heavy atom. The summed E-state index contributed by atoms with van der Waals surface area (Å²) in [5.74, 6) is 3.35. The van der Waals surface area contributed by atoms with Gasteiger partial charge in [0.15, 0.2) is 0 Å². The fourth-order valence-corrected chi connectivity index (χ4v) is 7.71. The Labute approximate surface area is 360 Å². The largest absolute Gasteiger partial charge is 0.683 e. The average Bonchev–Trinajstić information content (AvgIpc) is 3.59. The average molecular weight is 985 g/mol. The fourth-order valence-electron chi connectivity index (χ4n) is 7.71. The van der Waals surface area contributed by atoms with Crippen LogP contribution in [0.2, 0.25) is 0 Å². The van der Waals surface area contributed by atoms with Crippen LogP contribution < -0.4 is 10.6 Å². The summed E-state index contributed by atoms with van der Waals surface area (Å²) in [6, 6.07) is 6.54. The smallest absolute Gasteiger partial charge is 0.150 e. The number of unbranched alkanes of at least 4 members (excludes halogenated alkanes) is 2. The maximum atomic E-state index is 6.32. The molecule has 2 atom stereocenters. The van der Waals surface area contributed by atoms with E-state index < -0.39 is 0 Å². The number of methoxy groups -OCH3 is 1. The van der Waals surface area contributed by atoms with Crippen molar-refractivity contribution in [1.82, 2.24) is 19.9 Å². The molecule has 2 unspecified atom stereocenters. The first-order valence-corrected chi connectivity index (χ1v) is 21.5. The molecule has 4 rings (SSSR count). The van der Waals surface area contributed by atoms with Crippen molar-refractivity contribution < 1.29 is 35.9 Å². The zero-order valence-corrected chi connectivity index (χ0v) is 41.7. The number of nitrogen functional groups attached to an aromatic ring is 1. The first-order chi connectivity index (χ1) is 25.5. The molecule has 0 radical (unpaired) electrons. The molecule has 9 heteroatoms. The van der Waals surface area contributed by atoms with Gasteiger partial charge in [0.1, 0.15) is 22.7 Å². The number of aryl methyl sites for hydroxylation is 1. The van der Waals surface area contributed by atoms with Gasteiger partial charge in [0, 0.05) is 88.4 Å². The van der Waals surface area contributed by atoms with E-state index in [2.05, 4.69) is 127 Å². The summed E-state index contributed by atoms with van der Waals surface area (Å²) in [6.45, 7) is 32.4. The quantitative estimate of drug-likeness (QED) is 0.117. The van der Waals surface area contributed by atoms with E-state index in [0.717, 1.165) is 117 Å². The molecule has 0 amide bonds. The third kappa shape index (κ3) is 15.8. The van der Waals surface area contributed by atoms with Gasteiger partial charge in [0.05, 0.1) is 11.1 Å².